The highest BCUT2D eigenvalue weighted by Gasteiger charge is 2.11. The minimum atomic E-state index is 0.277. The Hall–Kier alpha value is -2.16. The van der Waals surface area contributed by atoms with Gasteiger partial charge in [0.25, 0.3) is 0 Å². The molecule has 0 heterocycles. The fourth-order valence-electron chi connectivity index (χ4n) is 7.10. The van der Waals surface area contributed by atoms with E-state index in [1.54, 1.807) is 0 Å². The molecule has 53 heavy (non-hydrogen) atoms. The first-order valence-corrected chi connectivity index (χ1v) is 22.8. The van der Waals surface area contributed by atoms with Gasteiger partial charge in [-0.05, 0) is 97.8 Å². The molecule has 0 spiro atoms. The van der Waals surface area contributed by atoms with Crippen LogP contribution in [0.25, 0.3) is 0 Å². The molecular formula is C50H93N3. The molecule has 0 amide bonds. The molecule has 3 heteroatoms. The summed E-state index contributed by atoms with van der Waals surface area (Å²) in [5.41, 5.74) is 7.37. The number of hydrogen-bond acceptors (Lipinski definition) is 3. The van der Waals surface area contributed by atoms with Crippen molar-refractivity contribution in [3.05, 3.63) is 73.3 Å². The average Bonchev–Trinajstić information content (AvgIpc) is 3.11. The van der Waals surface area contributed by atoms with Crippen LogP contribution in [0.5, 0.6) is 0 Å². The largest absolute Gasteiger partial charge is 0.389 e. The highest BCUT2D eigenvalue weighted by atomic mass is 14.9. The molecular weight excluding hydrogens is 643 g/mol. The van der Waals surface area contributed by atoms with E-state index in [9.17, 15) is 0 Å². The second kappa shape index (κ2) is 38.1. The van der Waals surface area contributed by atoms with Crippen molar-refractivity contribution in [3.8, 4) is 0 Å². The lowest BCUT2D eigenvalue weighted by molar-refractivity contribution is 0.522. The van der Waals surface area contributed by atoms with Crippen LogP contribution >= 0.6 is 0 Å². The Bertz CT molecular complexity index is 942. The smallest absolute Gasteiger partial charge is 0.0468 e. The monoisotopic (exact) mass is 736 g/mol. The van der Waals surface area contributed by atoms with Crippen LogP contribution in [-0.2, 0) is 0 Å². The number of rotatable bonds is 43. The quantitative estimate of drug-likeness (QED) is 0.0431. The summed E-state index contributed by atoms with van der Waals surface area (Å²) < 4.78 is 0. The zero-order valence-electron chi connectivity index (χ0n) is 36.4. The molecule has 1 unspecified atom stereocenters. The molecule has 0 aromatic carbocycles. The van der Waals surface area contributed by atoms with Gasteiger partial charge >= 0.3 is 0 Å². The van der Waals surface area contributed by atoms with E-state index in [1.807, 2.05) is 0 Å². The number of unbranched alkanes of at least 4 members (excludes halogenated alkanes) is 23. The maximum atomic E-state index is 4.35. The third kappa shape index (κ3) is 39.4. The molecule has 3 nitrogen and oxygen atoms in total. The topological polar surface area (TPSA) is 36.1 Å². The predicted molar refractivity (Wildman–Crippen MR) is 243 cm³/mol. The van der Waals surface area contributed by atoms with Crippen LogP contribution in [-0.4, -0.2) is 19.1 Å². The molecule has 0 aliphatic rings. The maximum absolute atomic E-state index is 4.35. The normalized spacial score (nSPS) is 11.6. The third-order valence-corrected chi connectivity index (χ3v) is 10.7. The Morgan fingerprint density at radius 1 is 0.340 bits per heavy atom. The summed E-state index contributed by atoms with van der Waals surface area (Å²) in [5, 5.41) is 10.8. The van der Waals surface area contributed by atoms with Gasteiger partial charge in [0, 0.05) is 36.2 Å². The first-order valence-electron chi connectivity index (χ1n) is 22.8. The van der Waals surface area contributed by atoms with E-state index in [2.05, 4.69) is 76.2 Å². The van der Waals surface area contributed by atoms with E-state index in [1.165, 1.54) is 208 Å². The lowest BCUT2D eigenvalue weighted by Crippen LogP contribution is -2.29. The molecule has 0 aromatic heterocycles. The van der Waals surface area contributed by atoms with Crippen LogP contribution < -0.4 is 16.0 Å². The lowest BCUT2D eigenvalue weighted by atomic mass is 10.0. The summed E-state index contributed by atoms with van der Waals surface area (Å²) in [6.45, 7) is 33.7. The Kier molecular flexibility index (Phi) is 36.6. The minimum Gasteiger partial charge on any atom is -0.389 e. The molecule has 0 radical (unpaired) electrons. The molecule has 0 fully saturated rings. The summed E-state index contributed by atoms with van der Waals surface area (Å²) in [4.78, 5) is 0. The van der Waals surface area contributed by atoms with Gasteiger partial charge in [-0.15, -0.1) is 13.2 Å². The van der Waals surface area contributed by atoms with Crippen molar-refractivity contribution in [3.63, 3.8) is 0 Å². The van der Waals surface area contributed by atoms with Gasteiger partial charge in [-0.25, -0.2) is 0 Å². The second-order valence-corrected chi connectivity index (χ2v) is 16.9. The van der Waals surface area contributed by atoms with Gasteiger partial charge < -0.3 is 16.0 Å². The first kappa shape index (κ1) is 50.8. The van der Waals surface area contributed by atoms with Gasteiger partial charge in [0.05, 0.1) is 0 Å². The second-order valence-electron chi connectivity index (χ2n) is 16.9. The molecule has 3 N–H and O–H groups in total. The molecule has 0 bridgehead atoms. The zero-order chi connectivity index (χ0) is 39.2. The van der Waals surface area contributed by atoms with Crippen molar-refractivity contribution in [2.24, 2.45) is 0 Å². The zero-order valence-corrected chi connectivity index (χ0v) is 36.4. The molecule has 0 aliphatic heterocycles. The summed E-state index contributed by atoms with van der Waals surface area (Å²) in [6.07, 6.45) is 41.7. The standard InChI is InChI=1S/C50H93N3/c1-44(2)36-30-24-20-18-16-14-12-10-11-13-15-17-19-21-26-33-39-49(9)53-50(46(5)6)41-40-48(8)52-43-35-29-23-27-32-38-47(7)51-42-34-28-22-25-31-37-45(3)4/h50-53H,1,3,5,7-43H2,2,4,6H3. The Morgan fingerprint density at radius 3 is 0.962 bits per heavy atom. The molecule has 0 aliphatic carbocycles. The van der Waals surface area contributed by atoms with Gasteiger partial charge in [-0.3, -0.25) is 0 Å². The van der Waals surface area contributed by atoms with E-state index in [0.29, 0.717) is 0 Å². The van der Waals surface area contributed by atoms with E-state index in [0.717, 1.165) is 44.5 Å². The van der Waals surface area contributed by atoms with Crippen molar-refractivity contribution in [2.45, 2.75) is 232 Å². The van der Waals surface area contributed by atoms with Crippen LogP contribution in [0.4, 0.5) is 0 Å². The first-order chi connectivity index (χ1) is 25.6. The minimum absolute atomic E-state index is 0.277. The van der Waals surface area contributed by atoms with Gasteiger partial charge in [0.15, 0.2) is 0 Å². The van der Waals surface area contributed by atoms with Crippen molar-refractivity contribution in [1.82, 2.24) is 16.0 Å². The maximum Gasteiger partial charge on any atom is 0.0468 e. The third-order valence-electron chi connectivity index (χ3n) is 10.7. The molecule has 0 saturated carbocycles. The predicted octanol–water partition coefficient (Wildman–Crippen LogP) is 15.9. The molecule has 0 saturated heterocycles. The number of nitrogens with one attached hydrogen (secondary N) is 3. The van der Waals surface area contributed by atoms with E-state index >= 15 is 0 Å². The van der Waals surface area contributed by atoms with Crippen LogP contribution in [0.15, 0.2) is 73.3 Å². The van der Waals surface area contributed by atoms with Gasteiger partial charge in [0.1, 0.15) is 0 Å². The summed E-state index contributed by atoms with van der Waals surface area (Å²) in [6, 6.07) is 0.277. The highest BCUT2D eigenvalue weighted by Crippen LogP contribution is 2.17. The van der Waals surface area contributed by atoms with Crippen LogP contribution in [0.2, 0.25) is 0 Å². The summed E-state index contributed by atoms with van der Waals surface area (Å²) in [7, 11) is 0. The molecule has 0 rings (SSSR count). The fraction of sp³-hybridized carbons (Fsp3) is 0.760. The molecule has 1 atom stereocenters. The average molecular weight is 736 g/mol. The van der Waals surface area contributed by atoms with E-state index in [4.69, 9.17) is 0 Å². The number of allylic oxidation sites excluding steroid dienone is 5. The van der Waals surface area contributed by atoms with Gasteiger partial charge in [0.2, 0.25) is 0 Å². The van der Waals surface area contributed by atoms with Gasteiger partial charge in [-0.2, -0.15) is 0 Å². The molecule has 308 valence electrons. The molecule has 0 aromatic rings. The Labute approximate surface area is 333 Å². The van der Waals surface area contributed by atoms with Crippen molar-refractivity contribution in [1.29, 1.82) is 0 Å². The van der Waals surface area contributed by atoms with E-state index in [-0.39, 0.29) is 6.04 Å². The Balaban J connectivity index is 3.64. The van der Waals surface area contributed by atoms with Crippen LogP contribution in [0.3, 0.4) is 0 Å². The fourth-order valence-corrected chi connectivity index (χ4v) is 7.10. The van der Waals surface area contributed by atoms with E-state index < -0.39 is 0 Å². The Morgan fingerprint density at radius 2 is 0.623 bits per heavy atom. The van der Waals surface area contributed by atoms with Gasteiger partial charge in [-0.1, -0.05) is 171 Å². The highest BCUT2D eigenvalue weighted by molar-refractivity contribution is 5.09. The van der Waals surface area contributed by atoms with Crippen LogP contribution in [0, 0.1) is 0 Å². The summed E-state index contributed by atoms with van der Waals surface area (Å²) in [5.74, 6) is 0. The SMILES string of the molecule is C=C(C)CCCCCCCCCCCCCCCCCCC(=C)NC(CCC(=C)NCCCCCCCC(=C)NCCCCCCCC(=C)C)C(=C)C. The van der Waals surface area contributed by atoms with Crippen molar-refractivity contribution < 1.29 is 0 Å². The number of hydrogen-bond donors (Lipinski definition) is 3. The summed E-state index contributed by atoms with van der Waals surface area (Å²) >= 11 is 0. The van der Waals surface area contributed by atoms with Crippen molar-refractivity contribution >= 4 is 0 Å². The lowest BCUT2D eigenvalue weighted by Gasteiger charge is -2.22. The van der Waals surface area contributed by atoms with Crippen LogP contribution in [0.1, 0.15) is 226 Å². The van der Waals surface area contributed by atoms with Crippen molar-refractivity contribution in [2.75, 3.05) is 13.1 Å².